The Bertz CT molecular complexity index is 555. The van der Waals surface area contributed by atoms with E-state index in [-0.39, 0.29) is 6.10 Å². The van der Waals surface area contributed by atoms with Crippen molar-refractivity contribution in [2.75, 3.05) is 5.73 Å². The highest BCUT2D eigenvalue weighted by Crippen LogP contribution is 2.26. The molecule has 1 heterocycles. The minimum Gasteiger partial charge on any atom is -0.484 e. The van der Waals surface area contributed by atoms with Crippen LogP contribution in [0.5, 0.6) is 5.75 Å². The van der Waals surface area contributed by atoms with E-state index in [0.717, 1.165) is 17.9 Å². The Labute approximate surface area is 124 Å². The summed E-state index contributed by atoms with van der Waals surface area (Å²) in [4.78, 5) is 4.24. The number of ether oxygens (including phenoxy) is 1. The molecule has 0 aliphatic heterocycles. The molecule has 1 aromatic heterocycles. The number of nitrogen functional groups attached to an aromatic ring is 1. The molecular weight excluding hydrogens is 268 g/mol. The molecule has 1 aromatic carbocycles. The number of hydrogen-bond donors (Lipinski definition) is 1. The molecule has 0 saturated heterocycles. The topological polar surface area (TPSA) is 48.1 Å². The van der Waals surface area contributed by atoms with E-state index in [0.29, 0.717) is 10.5 Å². The first-order chi connectivity index (χ1) is 9.33. The van der Waals surface area contributed by atoms with Crippen LogP contribution in [0, 0.1) is 5.41 Å². The lowest BCUT2D eigenvalue weighted by molar-refractivity contribution is 0.222. The lowest BCUT2D eigenvalue weighted by Crippen LogP contribution is -2.09. The fraction of sp³-hybridized carbons (Fsp3) is 0.438. The molecule has 108 valence electrons. The number of rotatable bonds is 4. The van der Waals surface area contributed by atoms with Gasteiger partial charge < -0.3 is 10.5 Å². The van der Waals surface area contributed by atoms with Gasteiger partial charge in [0.05, 0.1) is 5.69 Å². The maximum absolute atomic E-state index is 5.89. The molecule has 3 nitrogen and oxygen atoms in total. The molecule has 2 rings (SSSR count). The van der Waals surface area contributed by atoms with Crippen molar-refractivity contribution in [1.82, 2.24) is 4.98 Å². The van der Waals surface area contributed by atoms with Crippen molar-refractivity contribution in [2.45, 2.75) is 40.2 Å². The van der Waals surface area contributed by atoms with E-state index in [1.165, 1.54) is 16.9 Å². The van der Waals surface area contributed by atoms with Crippen LogP contribution in [0.3, 0.4) is 0 Å². The number of anilines is 1. The van der Waals surface area contributed by atoms with Crippen LogP contribution in [0.15, 0.2) is 29.6 Å². The second kappa shape index (κ2) is 5.83. The van der Waals surface area contributed by atoms with E-state index >= 15 is 0 Å². The first kappa shape index (κ1) is 14.9. The van der Waals surface area contributed by atoms with Crippen molar-refractivity contribution >= 4 is 16.5 Å². The van der Waals surface area contributed by atoms with E-state index < -0.39 is 0 Å². The highest BCUT2D eigenvalue weighted by molar-refractivity contribution is 7.13. The van der Waals surface area contributed by atoms with Gasteiger partial charge in [0.1, 0.15) is 11.9 Å². The molecule has 1 unspecified atom stereocenters. The summed E-state index contributed by atoms with van der Waals surface area (Å²) in [5.74, 6) is 0.863. The maximum Gasteiger partial charge on any atom is 0.180 e. The Kier molecular flexibility index (Phi) is 4.33. The van der Waals surface area contributed by atoms with Gasteiger partial charge in [-0.3, -0.25) is 0 Å². The van der Waals surface area contributed by atoms with Crippen LogP contribution in [-0.2, 0) is 6.42 Å². The van der Waals surface area contributed by atoms with Gasteiger partial charge >= 0.3 is 0 Å². The smallest absolute Gasteiger partial charge is 0.180 e. The van der Waals surface area contributed by atoms with Gasteiger partial charge in [0.25, 0.3) is 0 Å². The second-order valence-electron chi connectivity index (χ2n) is 6.25. The second-order valence-corrected chi connectivity index (χ2v) is 7.14. The average molecular weight is 290 g/mol. The van der Waals surface area contributed by atoms with Crippen LogP contribution in [0.2, 0.25) is 0 Å². The lowest BCUT2D eigenvalue weighted by atomic mass is 9.88. The standard InChI is InChI=1S/C16H22N2OS/c1-11(14-10-20-15(17)18-14)19-13-7-5-12(6-8-13)9-16(2,3)4/h5-8,10-11H,9H2,1-4H3,(H2,17,18). The van der Waals surface area contributed by atoms with Gasteiger partial charge in [-0.1, -0.05) is 32.9 Å². The fourth-order valence-corrected chi connectivity index (χ4v) is 2.69. The normalized spacial score (nSPS) is 13.2. The van der Waals surface area contributed by atoms with Crippen molar-refractivity contribution in [3.05, 3.63) is 40.9 Å². The Morgan fingerprint density at radius 3 is 2.40 bits per heavy atom. The molecule has 0 fully saturated rings. The number of nitrogens with zero attached hydrogens (tertiary/aromatic N) is 1. The van der Waals surface area contributed by atoms with Gasteiger partial charge in [0.15, 0.2) is 5.13 Å². The number of aromatic nitrogens is 1. The summed E-state index contributed by atoms with van der Waals surface area (Å²) >= 11 is 1.44. The molecule has 0 aliphatic carbocycles. The summed E-state index contributed by atoms with van der Waals surface area (Å²) < 4.78 is 5.89. The quantitative estimate of drug-likeness (QED) is 0.904. The molecule has 0 aliphatic rings. The first-order valence-electron chi connectivity index (χ1n) is 6.80. The summed E-state index contributed by atoms with van der Waals surface area (Å²) in [5.41, 5.74) is 8.15. The third-order valence-electron chi connectivity index (χ3n) is 2.93. The molecule has 0 bridgehead atoms. The molecule has 0 radical (unpaired) electrons. The number of benzene rings is 1. The van der Waals surface area contributed by atoms with Crippen LogP contribution in [-0.4, -0.2) is 4.98 Å². The van der Waals surface area contributed by atoms with Crippen LogP contribution >= 0.6 is 11.3 Å². The zero-order chi connectivity index (χ0) is 14.8. The zero-order valence-corrected chi connectivity index (χ0v) is 13.3. The van der Waals surface area contributed by atoms with E-state index in [2.05, 4.69) is 37.9 Å². The van der Waals surface area contributed by atoms with Crippen LogP contribution in [0.1, 0.15) is 45.1 Å². The highest BCUT2D eigenvalue weighted by atomic mass is 32.1. The van der Waals surface area contributed by atoms with Gasteiger partial charge in [0.2, 0.25) is 0 Å². The molecule has 0 spiro atoms. The first-order valence-corrected chi connectivity index (χ1v) is 7.68. The molecule has 2 aromatic rings. The SMILES string of the molecule is CC(Oc1ccc(CC(C)(C)C)cc1)c1csc(N)n1. The zero-order valence-electron chi connectivity index (χ0n) is 12.5. The predicted octanol–water partition coefficient (Wildman–Crippen LogP) is 4.45. The third-order valence-corrected chi connectivity index (χ3v) is 3.62. The maximum atomic E-state index is 5.89. The van der Waals surface area contributed by atoms with E-state index in [9.17, 15) is 0 Å². The van der Waals surface area contributed by atoms with Gasteiger partial charge in [-0.15, -0.1) is 11.3 Å². The molecule has 2 N–H and O–H groups in total. The van der Waals surface area contributed by atoms with Crippen LogP contribution in [0.4, 0.5) is 5.13 Å². The third kappa shape index (κ3) is 4.23. The highest BCUT2D eigenvalue weighted by Gasteiger charge is 2.13. The molecule has 0 saturated carbocycles. The summed E-state index contributed by atoms with van der Waals surface area (Å²) in [7, 11) is 0. The summed E-state index contributed by atoms with van der Waals surface area (Å²) in [6, 6.07) is 8.30. The molecule has 1 atom stereocenters. The average Bonchev–Trinajstić information content (AvgIpc) is 2.77. The number of nitrogens with two attached hydrogens (primary N) is 1. The minimum absolute atomic E-state index is 0.0861. The van der Waals surface area contributed by atoms with Crippen molar-refractivity contribution in [1.29, 1.82) is 0 Å². The van der Waals surface area contributed by atoms with Crippen molar-refractivity contribution in [2.24, 2.45) is 5.41 Å². The monoisotopic (exact) mass is 290 g/mol. The molecule has 20 heavy (non-hydrogen) atoms. The Balaban J connectivity index is 2.00. The Hall–Kier alpha value is -1.55. The Morgan fingerprint density at radius 1 is 1.25 bits per heavy atom. The molecular formula is C16H22N2OS. The van der Waals surface area contributed by atoms with E-state index in [4.69, 9.17) is 10.5 Å². The van der Waals surface area contributed by atoms with Gasteiger partial charge in [-0.25, -0.2) is 4.98 Å². The summed E-state index contributed by atoms with van der Waals surface area (Å²) in [6.07, 6.45) is 0.975. The summed E-state index contributed by atoms with van der Waals surface area (Å²) in [6.45, 7) is 8.71. The van der Waals surface area contributed by atoms with Gasteiger partial charge in [-0.05, 0) is 36.5 Å². The Morgan fingerprint density at radius 2 is 1.90 bits per heavy atom. The van der Waals surface area contributed by atoms with Gasteiger partial charge in [-0.2, -0.15) is 0 Å². The van der Waals surface area contributed by atoms with Gasteiger partial charge in [0, 0.05) is 5.38 Å². The number of thiazole rings is 1. The van der Waals surface area contributed by atoms with Crippen LogP contribution < -0.4 is 10.5 Å². The van der Waals surface area contributed by atoms with E-state index in [1.54, 1.807) is 0 Å². The van der Waals surface area contributed by atoms with Crippen LogP contribution in [0.25, 0.3) is 0 Å². The summed E-state index contributed by atoms with van der Waals surface area (Å²) in [5, 5.41) is 2.52. The fourth-order valence-electron chi connectivity index (χ4n) is 2.05. The number of hydrogen-bond acceptors (Lipinski definition) is 4. The lowest BCUT2D eigenvalue weighted by Gasteiger charge is -2.18. The minimum atomic E-state index is -0.0861. The van der Waals surface area contributed by atoms with Crippen molar-refractivity contribution in [3.8, 4) is 5.75 Å². The molecule has 4 heteroatoms. The molecule has 0 amide bonds. The van der Waals surface area contributed by atoms with Crippen molar-refractivity contribution < 1.29 is 4.74 Å². The van der Waals surface area contributed by atoms with E-state index in [1.807, 2.05) is 24.4 Å². The largest absolute Gasteiger partial charge is 0.484 e. The predicted molar refractivity (Wildman–Crippen MR) is 85.2 cm³/mol. The van der Waals surface area contributed by atoms with Crippen molar-refractivity contribution in [3.63, 3.8) is 0 Å².